The molecule has 5 atom stereocenters. The van der Waals surface area contributed by atoms with Gasteiger partial charge in [0.2, 0.25) is 0 Å². The van der Waals surface area contributed by atoms with Gasteiger partial charge in [-0.25, -0.2) is 9.00 Å². The van der Waals surface area contributed by atoms with Crippen LogP contribution in [0.3, 0.4) is 0 Å². The summed E-state index contributed by atoms with van der Waals surface area (Å²) in [7, 11) is -1.67. The van der Waals surface area contributed by atoms with E-state index in [4.69, 9.17) is 21.1 Å². The summed E-state index contributed by atoms with van der Waals surface area (Å²) in [6.45, 7) is 3.31. The van der Waals surface area contributed by atoms with Crippen LogP contribution in [0.2, 0.25) is 5.02 Å². The molecular weight excluding hydrogens is 644 g/mol. The fourth-order valence-electron chi connectivity index (χ4n) is 6.51. The third-order valence-corrected chi connectivity index (χ3v) is 12.3. The van der Waals surface area contributed by atoms with Crippen molar-refractivity contribution in [1.82, 2.24) is 10.0 Å². The third-order valence-electron chi connectivity index (χ3n) is 9.28. The smallest absolute Gasteiger partial charge is 0.327 e. The van der Waals surface area contributed by atoms with E-state index in [1.807, 2.05) is 19.1 Å². The second-order valence-corrected chi connectivity index (χ2v) is 16.4. The Morgan fingerprint density at radius 2 is 2.00 bits per heavy atom. The van der Waals surface area contributed by atoms with Gasteiger partial charge in [0.25, 0.3) is 5.91 Å². The number of benzene rings is 2. The molecule has 2 aromatic rings. The highest BCUT2D eigenvalue weighted by atomic mass is 35.5. The number of urea groups is 1. The molecule has 9 nitrogen and oxygen atoms in total. The van der Waals surface area contributed by atoms with Gasteiger partial charge >= 0.3 is 6.03 Å². The van der Waals surface area contributed by atoms with Crippen LogP contribution < -0.4 is 19.7 Å². The first-order chi connectivity index (χ1) is 22.2. The quantitative estimate of drug-likeness (QED) is 0.351. The molecular formula is C34H43ClN4O5S2. The van der Waals surface area contributed by atoms with Crippen LogP contribution in [0, 0.1) is 17.8 Å². The first kappa shape index (κ1) is 33.2. The Morgan fingerprint density at radius 3 is 2.76 bits per heavy atom. The zero-order valence-corrected chi connectivity index (χ0v) is 28.8. The summed E-state index contributed by atoms with van der Waals surface area (Å²) >= 11 is 8.14. The van der Waals surface area contributed by atoms with Gasteiger partial charge in [0, 0.05) is 42.6 Å². The van der Waals surface area contributed by atoms with E-state index in [-0.39, 0.29) is 23.8 Å². The van der Waals surface area contributed by atoms with Crippen LogP contribution in [0.4, 0.5) is 10.5 Å². The SMILES string of the molecule is CO[C@H]1/C=C/C[C@H](C)C[S@@](=O)(NC(=O)NC2CC2)=NC(=O)c2ccc3c(c2)N(Cc2ccc(Cl)cc2CCSCO3)C[C@@H]2CC[C@H]21. The van der Waals surface area contributed by atoms with E-state index in [0.29, 0.717) is 47.1 Å². The van der Waals surface area contributed by atoms with E-state index in [9.17, 15) is 13.8 Å². The molecule has 3 amide bonds. The number of anilines is 1. The zero-order chi connectivity index (χ0) is 32.3. The van der Waals surface area contributed by atoms with Crippen LogP contribution in [0.15, 0.2) is 52.9 Å². The van der Waals surface area contributed by atoms with E-state index < -0.39 is 21.9 Å². The van der Waals surface area contributed by atoms with Crippen LogP contribution in [-0.2, 0) is 27.6 Å². The number of methoxy groups -OCH3 is 1. The predicted molar refractivity (Wildman–Crippen MR) is 185 cm³/mol. The second kappa shape index (κ2) is 14.6. The number of fused-ring (bicyclic) bond motifs is 3. The number of hydrogen-bond donors (Lipinski definition) is 2. The fourth-order valence-corrected chi connectivity index (χ4v) is 9.23. The Bertz CT molecular complexity index is 1610. The first-order valence-corrected chi connectivity index (χ1v) is 19.3. The Kier molecular flexibility index (Phi) is 10.5. The Hall–Kier alpha value is -2.73. The summed E-state index contributed by atoms with van der Waals surface area (Å²) in [6.07, 6.45) is 9.54. The van der Waals surface area contributed by atoms with E-state index in [2.05, 4.69) is 43.6 Å². The molecule has 0 unspecified atom stereocenters. The summed E-state index contributed by atoms with van der Waals surface area (Å²) in [4.78, 5) is 28.8. The van der Waals surface area contributed by atoms with Gasteiger partial charge in [-0.15, -0.1) is 16.1 Å². The Morgan fingerprint density at radius 1 is 1.15 bits per heavy atom. The molecule has 4 aliphatic rings. The van der Waals surface area contributed by atoms with Gasteiger partial charge in [-0.05, 0) is 97.7 Å². The van der Waals surface area contributed by atoms with Crippen molar-refractivity contribution >= 4 is 50.9 Å². The van der Waals surface area contributed by atoms with Crippen molar-refractivity contribution in [1.29, 1.82) is 0 Å². The molecule has 2 heterocycles. The van der Waals surface area contributed by atoms with Crippen molar-refractivity contribution < 1.29 is 23.3 Å². The predicted octanol–water partition coefficient (Wildman–Crippen LogP) is 6.59. The lowest BCUT2D eigenvalue weighted by molar-refractivity contribution is 0.0133. The summed E-state index contributed by atoms with van der Waals surface area (Å²) in [5, 5.41) is 3.53. The maximum atomic E-state index is 14.2. The number of carbonyl (C=O) groups is 2. The molecule has 2 aliphatic heterocycles. The largest absolute Gasteiger partial charge is 0.481 e. The van der Waals surface area contributed by atoms with Gasteiger partial charge in [-0.2, -0.15) is 0 Å². The highest BCUT2D eigenvalue weighted by Gasteiger charge is 2.38. The molecule has 2 bridgehead atoms. The number of rotatable bonds is 3. The fraction of sp³-hybridized carbons (Fsp3) is 0.529. The number of amides is 3. The number of hydrogen-bond acceptors (Lipinski definition) is 7. The molecule has 2 fully saturated rings. The van der Waals surface area contributed by atoms with Gasteiger partial charge < -0.3 is 19.7 Å². The average molecular weight is 687 g/mol. The molecule has 248 valence electrons. The molecule has 2 saturated carbocycles. The molecule has 0 saturated heterocycles. The molecule has 0 spiro atoms. The third kappa shape index (κ3) is 8.21. The lowest BCUT2D eigenvalue weighted by atomic mass is 9.70. The number of ether oxygens (including phenoxy) is 2. The van der Waals surface area contributed by atoms with E-state index in [0.717, 1.165) is 50.1 Å². The van der Waals surface area contributed by atoms with Crippen molar-refractivity contribution in [3.05, 3.63) is 70.3 Å². The summed E-state index contributed by atoms with van der Waals surface area (Å²) in [6, 6.07) is 10.9. The summed E-state index contributed by atoms with van der Waals surface area (Å²) < 4.78 is 33.3. The molecule has 12 heteroatoms. The molecule has 46 heavy (non-hydrogen) atoms. The van der Waals surface area contributed by atoms with Crippen LogP contribution in [0.1, 0.15) is 60.5 Å². The highest BCUT2D eigenvalue weighted by molar-refractivity contribution is 7.99. The van der Waals surface area contributed by atoms with Crippen LogP contribution >= 0.6 is 23.4 Å². The van der Waals surface area contributed by atoms with Gasteiger partial charge in [-0.1, -0.05) is 36.7 Å². The van der Waals surface area contributed by atoms with Crippen molar-refractivity contribution in [3.63, 3.8) is 0 Å². The number of carbonyl (C=O) groups excluding carboxylic acids is 2. The Balaban J connectivity index is 1.44. The minimum absolute atomic E-state index is 0.0433. The van der Waals surface area contributed by atoms with Gasteiger partial charge in [-0.3, -0.25) is 9.52 Å². The standard InChI is InChI=1S/C34H43ClN4O5S2/c1-22-4-3-5-31(43-2)29-12-7-26(29)19-39-18-25-6-9-27(35)16-23(25)14-15-45-21-44-32-13-8-24(17-30(32)39)33(40)37-46(42,20-22)38-34(41)36-28-10-11-28/h3,5-6,8-9,13,16-17,22,26,28-29,31H,4,7,10-12,14-15,18-21H2,1-2H3,(H2,36,37,38,40,41,42)/b5-3+/t22-,26-,29+,31-,46-/m0/s1. The van der Waals surface area contributed by atoms with Gasteiger partial charge in [0.15, 0.2) is 0 Å². The van der Waals surface area contributed by atoms with Crippen molar-refractivity contribution in [3.8, 4) is 5.75 Å². The van der Waals surface area contributed by atoms with Crippen molar-refractivity contribution in [2.24, 2.45) is 22.1 Å². The lowest BCUT2D eigenvalue weighted by Crippen LogP contribution is -2.43. The minimum Gasteiger partial charge on any atom is -0.481 e. The maximum Gasteiger partial charge on any atom is 0.327 e. The van der Waals surface area contributed by atoms with Crippen LogP contribution in [0.5, 0.6) is 5.75 Å². The number of thioether (sulfide) groups is 1. The molecule has 2 N–H and O–H groups in total. The maximum absolute atomic E-state index is 14.2. The molecule has 2 aromatic carbocycles. The molecule has 0 aromatic heterocycles. The second-order valence-electron chi connectivity index (χ2n) is 12.9. The van der Waals surface area contributed by atoms with Crippen molar-refractivity contribution in [2.45, 2.75) is 64.1 Å². The van der Waals surface area contributed by atoms with Crippen LogP contribution in [-0.4, -0.2) is 59.4 Å². The Labute approximate surface area is 281 Å². The number of nitrogens with zero attached hydrogens (tertiary/aromatic N) is 2. The number of aryl methyl sites for hydroxylation is 1. The first-order valence-electron chi connectivity index (χ1n) is 16.1. The van der Waals surface area contributed by atoms with E-state index in [1.54, 1.807) is 31.0 Å². The summed E-state index contributed by atoms with van der Waals surface area (Å²) in [5.41, 5.74) is 3.45. The number of allylic oxidation sites excluding steroid dienone is 1. The molecule has 6 rings (SSSR count). The zero-order valence-electron chi connectivity index (χ0n) is 26.4. The monoisotopic (exact) mass is 686 g/mol. The lowest BCUT2D eigenvalue weighted by Gasteiger charge is -2.43. The topological polar surface area (TPSA) is 109 Å². The number of nitrogens with one attached hydrogen (secondary N) is 2. The average Bonchev–Trinajstić information content (AvgIpc) is 3.81. The number of halogens is 1. The van der Waals surface area contributed by atoms with E-state index >= 15 is 0 Å². The summed E-state index contributed by atoms with van der Waals surface area (Å²) in [5.74, 6) is 2.04. The highest BCUT2D eigenvalue weighted by Crippen LogP contribution is 2.42. The van der Waals surface area contributed by atoms with Gasteiger partial charge in [0.05, 0.1) is 17.5 Å². The van der Waals surface area contributed by atoms with Crippen LogP contribution in [0.25, 0.3) is 0 Å². The minimum atomic E-state index is -3.43. The normalized spacial score (nSPS) is 29.4. The molecule has 0 radical (unpaired) electrons. The molecule has 2 aliphatic carbocycles. The van der Waals surface area contributed by atoms with E-state index in [1.165, 1.54) is 11.1 Å². The van der Waals surface area contributed by atoms with Crippen molar-refractivity contribution in [2.75, 3.05) is 36.0 Å². The van der Waals surface area contributed by atoms with Gasteiger partial charge in [0.1, 0.15) is 21.6 Å².